The molecule has 1 aliphatic heterocycles. The van der Waals surface area contributed by atoms with Gasteiger partial charge in [0, 0.05) is 27.2 Å². The largest absolute Gasteiger partial charge is 0.450 e. The van der Waals surface area contributed by atoms with Crippen molar-refractivity contribution >= 4 is 5.97 Å². The number of aliphatic hydroxyl groups is 1. The Morgan fingerprint density at radius 2 is 1.81 bits per heavy atom. The zero-order chi connectivity index (χ0) is 19.5. The standard InChI is InChI=1S/C19H29NO6/c1-10-7-18(9-20)8-11(2)13(23-4)14(21)19(18)15(24-5)12(10)17(3,25-6)16(22)26-19/h10-15,21H,7-8H2,1-6H3/t10-,11+,12+,13-,14+,15+,17+,18+,19+/m0/s1. The lowest BCUT2D eigenvalue weighted by molar-refractivity contribution is -0.342. The second kappa shape index (κ2) is 6.16. The van der Waals surface area contributed by atoms with Crippen LogP contribution in [0.2, 0.25) is 0 Å². The Morgan fingerprint density at radius 3 is 2.31 bits per heavy atom. The molecule has 3 rings (SSSR count). The van der Waals surface area contributed by atoms with Crippen molar-refractivity contribution in [2.75, 3.05) is 21.3 Å². The van der Waals surface area contributed by atoms with Crippen LogP contribution in [0.5, 0.6) is 0 Å². The summed E-state index contributed by atoms with van der Waals surface area (Å²) in [5.41, 5.74) is -3.71. The lowest BCUT2D eigenvalue weighted by Crippen LogP contribution is -2.82. The fourth-order valence-electron chi connectivity index (χ4n) is 6.11. The molecule has 2 bridgehead atoms. The average molecular weight is 367 g/mol. The van der Waals surface area contributed by atoms with Crippen LogP contribution in [-0.4, -0.2) is 61.9 Å². The molecule has 0 radical (unpaired) electrons. The van der Waals surface area contributed by atoms with Gasteiger partial charge >= 0.3 is 5.97 Å². The molecule has 3 aliphatic rings. The molecule has 0 aromatic heterocycles. The molecule has 0 amide bonds. The van der Waals surface area contributed by atoms with E-state index in [-0.39, 0.29) is 17.8 Å². The average Bonchev–Trinajstić information content (AvgIpc) is 2.61. The highest BCUT2D eigenvalue weighted by Gasteiger charge is 2.78. The van der Waals surface area contributed by atoms with Gasteiger partial charge < -0.3 is 24.1 Å². The summed E-state index contributed by atoms with van der Waals surface area (Å²) in [7, 11) is 4.53. The Labute approximate surface area is 154 Å². The first kappa shape index (κ1) is 19.6. The highest BCUT2D eigenvalue weighted by atomic mass is 16.6. The van der Waals surface area contributed by atoms with Gasteiger partial charge in [0.15, 0.2) is 11.2 Å². The minimum Gasteiger partial charge on any atom is -0.450 e. The molecule has 146 valence electrons. The van der Waals surface area contributed by atoms with Crippen molar-refractivity contribution in [1.29, 1.82) is 5.26 Å². The first-order valence-corrected chi connectivity index (χ1v) is 9.12. The van der Waals surface area contributed by atoms with E-state index in [9.17, 15) is 15.2 Å². The second-order valence-corrected chi connectivity index (χ2v) is 8.38. The third kappa shape index (κ3) is 2.04. The van der Waals surface area contributed by atoms with Crippen LogP contribution < -0.4 is 0 Å². The number of hydrogen-bond donors (Lipinski definition) is 1. The van der Waals surface area contributed by atoms with E-state index in [1.165, 1.54) is 21.3 Å². The van der Waals surface area contributed by atoms with E-state index in [2.05, 4.69) is 6.07 Å². The third-order valence-corrected chi connectivity index (χ3v) is 7.23. The van der Waals surface area contributed by atoms with Crippen LogP contribution in [0, 0.1) is 34.5 Å². The maximum absolute atomic E-state index is 13.0. The summed E-state index contributed by atoms with van der Waals surface area (Å²) >= 11 is 0. The van der Waals surface area contributed by atoms with Gasteiger partial charge in [0.05, 0.1) is 12.2 Å². The van der Waals surface area contributed by atoms with Crippen LogP contribution in [0.1, 0.15) is 33.6 Å². The smallest absolute Gasteiger partial charge is 0.339 e. The maximum Gasteiger partial charge on any atom is 0.339 e. The zero-order valence-electron chi connectivity index (χ0n) is 16.3. The van der Waals surface area contributed by atoms with Gasteiger partial charge in [-0.1, -0.05) is 13.8 Å². The monoisotopic (exact) mass is 367 g/mol. The van der Waals surface area contributed by atoms with Crippen LogP contribution >= 0.6 is 0 Å². The Kier molecular flexibility index (Phi) is 4.64. The Bertz CT molecular complexity index is 634. The lowest BCUT2D eigenvalue weighted by atomic mass is 9.45. The molecule has 1 saturated heterocycles. The Balaban J connectivity index is 2.26. The highest BCUT2D eigenvalue weighted by molar-refractivity contribution is 5.82. The number of carbonyl (C=O) groups is 1. The summed E-state index contributed by atoms with van der Waals surface area (Å²) in [5.74, 6) is -0.992. The van der Waals surface area contributed by atoms with E-state index in [1.54, 1.807) is 6.92 Å². The fraction of sp³-hybridized carbons (Fsp3) is 0.895. The van der Waals surface area contributed by atoms with Crippen molar-refractivity contribution in [1.82, 2.24) is 0 Å². The number of aliphatic hydroxyl groups excluding tert-OH is 1. The van der Waals surface area contributed by atoms with Gasteiger partial charge in [-0.05, 0) is 31.6 Å². The SMILES string of the molecule is CO[C@H]1[C@H](C)C[C@@]2(C#N)C[C@H](C)[C@@H]3[C@@H](OC)[C@]2(OC(=O)[C@]3(C)OC)[C@@H]1O. The second-order valence-electron chi connectivity index (χ2n) is 8.38. The Morgan fingerprint density at radius 1 is 1.19 bits per heavy atom. The summed E-state index contributed by atoms with van der Waals surface area (Å²) in [6.07, 6.45) is -1.43. The molecule has 26 heavy (non-hydrogen) atoms. The number of hydrogen-bond acceptors (Lipinski definition) is 7. The van der Waals surface area contributed by atoms with Crippen LogP contribution in [0.4, 0.5) is 0 Å². The van der Waals surface area contributed by atoms with Gasteiger partial charge in [0.1, 0.15) is 17.6 Å². The molecule has 0 unspecified atom stereocenters. The Hall–Kier alpha value is -1.20. The molecule has 1 heterocycles. The molecule has 2 saturated carbocycles. The minimum absolute atomic E-state index is 0.0241. The lowest BCUT2D eigenvalue weighted by Gasteiger charge is -2.67. The number of methoxy groups -OCH3 is 3. The van der Waals surface area contributed by atoms with E-state index in [4.69, 9.17) is 18.9 Å². The number of nitrogens with zero attached hydrogens (tertiary/aromatic N) is 1. The van der Waals surface area contributed by atoms with E-state index in [0.717, 1.165) is 0 Å². The van der Waals surface area contributed by atoms with E-state index >= 15 is 0 Å². The van der Waals surface area contributed by atoms with Crippen molar-refractivity contribution in [3.63, 3.8) is 0 Å². The zero-order valence-corrected chi connectivity index (χ0v) is 16.3. The molecule has 7 nitrogen and oxygen atoms in total. The summed E-state index contributed by atoms with van der Waals surface area (Å²) in [6.45, 7) is 5.65. The fourth-order valence-corrected chi connectivity index (χ4v) is 6.11. The first-order valence-electron chi connectivity index (χ1n) is 9.12. The van der Waals surface area contributed by atoms with Gasteiger partial charge in [-0.3, -0.25) is 0 Å². The van der Waals surface area contributed by atoms with Crippen molar-refractivity contribution in [2.24, 2.45) is 23.2 Å². The number of esters is 1. The van der Waals surface area contributed by atoms with Gasteiger partial charge in [0.2, 0.25) is 0 Å². The molecule has 0 aromatic rings. The van der Waals surface area contributed by atoms with Crippen molar-refractivity contribution in [2.45, 2.75) is 63.1 Å². The van der Waals surface area contributed by atoms with Gasteiger partial charge in [-0.15, -0.1) is 0 Å². The number of carbonyl (C=O) groups excluding carboxylic acids is 1. The molecule has 3 fully saturated rings. The van der Waals surface area contributed by atoms with E-state index < -0.39 is 40.9 Å². The van der Waals surface area contributed by atoms with E-state index in [0.29, 0.717) is 12.8 Å². The van der Waals surface area contributed by atoms with Crippen molar-refractivity contribution in [3.8, 4) is 6.07 Å². The minimum atomic E-state index is -1.48. The molecule has 0 aromatic carbocycles. The van der Waals surface area contributed by atoms with E-state index in [1.807, 2.05) is 13.8 Å². The predicted octanol–water partition coefficient (Wildman–Crippen LogP) is 1.28. The molecular weight excluding hydrogens is 338 g/mol. The van der Waals surface area contributed by atoms with Gasteiger partial charge in [-0.2, -0.15) is 5.26 Å². The van der Waals surface area contributed by atoms with Crippen LogP contribution in [0.15, 0.2) is 0 Å². The topological polar surface area (TPSA) is 98.0 Å². The van der Waals surface area contributed by atoms with Gasteiger partial charge in [-0.25, -0.2) is 4.79 Å². The number of ether oxygens (including phenoxy) is 4. The molecule has 7 heteroatoms. The molecule has 9 atom stereocenters. The summed E-state index contributed by atoms with van der Waals surface area (Å²) in [4.78, 5) is 13.0. The van der Waals surface area contributed by atoms with Crippen LogP contribution in [0.25, 0.3) is 0 Å². The number of nitriles is 1. The quantitative estimate of drug-likeness (QED) is 0.750. The van der Waals surface area contributed by atoms with Crippen LogP contribution in [-0.2, 0) is 23.7 Å². The predicted molar refractivity (Wildman–Crippen MR) is 90.9 cm³/mol. The number of rotatable bonds is 3. The van der Waals surface area contributed by atoms with Crippen LogP contribution in [0.3, 0.4) is 0 Å². The normalized spacial score (nSPS) is 53.4. The molecule has 1 N–H and O–H groups in total. The maximum atomic E-state index is 13.0. The van der Waals surface area contributed by atoms with Gasteiger partial charge in [0.25, 0.3) is 0 Å². The first-order chi connectivity index (χ1) is 12.2. The molecule has 1 spiro atoms. The van der Waals surface area contributed by atoms with Crippen molar-refractivity contribution in [3.05, 3.63) is 0 Å². The number of fused-ring (bicyclic) bond motifs is 1. The summed E-state index contributed by atoms with van der Waals surface area (Å²) in [5, 5.41) is 21.5. The summed E-state index contributed by atoms with van der Waals surface area (Å²) in [6, 6.07) is 2.42. The third-order valence-electron chi connectivity index (χ3n) is 7.23. The molecular formula is C19H29NO6. The highest BCUT2D eigenvalue weighted by Crippen LogP contribution is 2.64. The van der Waals surface area contributed by atoms with Crippen molar-refractivity contribution < 1.29 is 28.8 Å². The molecule has 2 aliphatic carbocycles. The summed E-state index contributed by atoms with van der Waals surface area (Å²) < 4.78 is 22.9.